The molecule has 0 fully saturated rings. The predicted molar refractivity (Wildman–Crippen MR) is 55.4 cm³/mol. The van der Waals surface area contributed by atoms with Gasteiger partial charge in [-0.1, -0.05) is 18.2 Å². The second-order valence-electron chi connectivity index (χ2n) is 2.78. The highest BCUT2D eigenvalue weighted by molar-refractivity contribution is 6.18. The molecule has 0 spiro atoms. The molecule has 0 amide bonds. The van der Waals surface area contributed by atoms with Gasteiger partial charge in [0, 0.05) is 6.54 Å². The minimum absolute atomic E-state index is 0.217. The van der Waals surface area contributed by atoms with E-state index in [1.165, 1.54) is 0 Å². The molecule has 1 unspecified atom stereocenters. The molecule has 1 rings (SSSR count). The quantitative estimate of drug-likeness (QED) is 0.608. The largest absolute Gasteiger partial charge is 0.456 e. The van der Waals surface area contributed by atoms with Crippen molar-refractivity contribution in [2.75, 3.05) is 12.4 Å². The normalized spacial score (nSPS) is 12.1. The molecule has 0 aliphatic carbocycles. The van der Waals surface area contributed by atoms with E-state index >= 15 is 0 Å². The minimum atomic E-state index is -0.413. The summed E-state index contributed by atoms with van der Waals surface area (Å²) in [6.07, 6.45) is -0.413. The van der Waals surface area contributed by atoms with Gasteiger partial charge in [-0.15, -0.1) is 11.6 Å². The molecule has 4 heteroatoms. The van der Waals surface area contributed by atoms with E-state index in [9.17, 15) is 4.79 Å². The molecule has 0 aromatic heterocycles. The van der Waals surface area contributed by atoms with Crippen LogP contribution in [0.3, 0.4) is 0 Å². The van der Waals surface area contributed by atoms with E-state index in [0.717, 1.165) is 0 Å². The number of nitrogens with two attached hydrogens (primary N) is 1. The van der Waals surface area contributed by atoms with Gasteiger partial charge >= 0.3 is 5.97 Å². The average molecular weight is 214 g/mol. The summed E-state index contributed by atoms with van der Waals surface area (Å²) in [6.45, 7) is 0.238. The SMILES string of the molecule is NCC(CCl)OC(=O)c1ccccc1. The Hall–Kier alpha value is -1.06. The second kappa shape index (κ2) is 5.62. The first-order chi connectivity index (χ1) is 6.77. The number of benzene rings is 1. The van der Waals surface area contributed by atoms with Gasteiger partial charge in [0.1, 0.15) is 6.10 Å². The zero-order chi connectivity index (χ0) is 10.4. The second-order valence-corrected chi connectivity index (χ2v) is 3.09. The summed E-state index contributed by atoms with van der Waals surface area (Å²) in [5.41, 5.74) is 5.86. The van der Waals surface area contributed by atoms with E-state index in [4.69, 9.17) is 22.1 Å². The van der Waals surface area contributed by atoms with Crippen molar-refractivity contribution >= 4 is 17.6 Å². The fraction of sp³-hybridized carbons (Fsp3) is 0.300. The van der Waals surface area contributed by atoms with Gasteiger partial charge in [-0.2, -0.15) is 0 Å². The molecule has 1 aromatic carbocycles. The van der Waals surface area contributed by atoms with Crippen molar-refractivity contribution in [3.05, 3.63) is 35.9 Å². The van der Waals surface area contributed by atoms with Crippen LogP contribution >= 0.6 is 11.6 Å². The fourth-order valence-corrected chi connectivity index (χ4v) is 1.13. The lowest BCUT2D eigenvalue weighted by atomic mass is 10.2. The molecule has 1 aromatic rings. The van der Waals surface area contributed by atoms with Crippen LogP contribution in [0.2, 0.25) is 0 Å². The summed E-state index contributed by atoms with van der Waals surface area (Å²) >= 11 is 5.54. The van der Waals surface area contributed by atoms with Crippen LogP contribution in [0.15, 0.2) is 30.3 Å². The molecule has 0 aliphatic heterocycles. The number of rotatable bonds is 4. The van der Waals surface area contributed by atoms with Crippen LogP contribution in [-0.4, -0.2) is 24.5 Å². The highest BCUT2D eigenvalue weighted by Crippen LogP contribution is 2.04. The number of ether oxygens (including phenoxy) is 1. The zero-order valence-corrected chi connectivity index (χ0v) is 8.41. The molecule has 0 saturated heterocycles. The summed E-state index contributed by atoms with van der Waals surface area (Å²) in [5.74, 6) is -0.170. The molecule has 76 valence electrons. The van der Waals surface area contributed by atoms with Crippen molar-refractivity contribution in [3.63, 3.8) is 0 Å². The molecular formula is C10H12ClNO2. The lowest BCUT2D eigenvalue weighted by molar-refractivity contribution is 0.0365. The van der Waals surface area contributed by atoms with Crippen LogP contribution in [0.4, 0.5) is 0 Å². The number of hydrogen-bond donors (Lipinski definition) is 1. The number of carbonyl (C=O) groups excluding carboxylic acids is 1. The van der Waals surface area contributed by atoms with Gasteiger partial charge in [0.25, 0.3) is 0 Å². The van der Waals surface area contributed by atoms with E-state index in [0.29, 0.717) is 5.56 Å². The number of carbonyl (C=O) groups is 1. The van der Waals surface area contributed by atoms with Gasteiger partial charge in [-0.3, -0.25) is 0 Å². The molecule has 1 atom stereocenters. The molecular weight excluding hydrogens is 202 g/mol. The summed E-state index contributed by atoms with van der Waals surface area (Å²) in [5, 5.41) is 0. The Morgan fingerprint density at radius 2 is 2.07 bits per heavy atom. The Kier molecular flexibility index (Phi) is 4.43. The van der Waals surface area contributed by atoms with Crippen LogP contribution in [0.5, 0.6) is 0 Å². The van der Waals surface area contributed by atoms with Crippen molar-refractivity contribution in [3.8, 4) is 0 Å². The topological polar surface area (TPSA) is 52.3 Å². The first kappa shape index (κ1) is 11.0. The average Bonchev–Trinajstić information content (AvgIpc) is 2.26. The van der Waals surface area contributed by atoms with E-state index in [2.05, 4.69) is 0 Å². The highest BCUT2D eigenvalue weighted by Gasteiger charge is 2.12. The Labute approximate surface area is 87.8 Å². The monoisotopic (exact) mass is 213 g/mol. The van der Waals surface area contributed by atoms with Crippen LogP contribution in [0.1, 0.15) is 10.4 Å². The van der Waals surface area contributed by atoms with Crippen LogP contribution in [-0.2, 0) is 4.74 Å². The van der Waals surface area contributed by atoms with Crippen LogP contribution < -0.4 is 5.73 Å². The standard InChI is InChI=1S/C10H12ClNO2/c11-6-9(7-12)14-10(13)8-4-2-1-3-5-8/h1-5,9H,6-7,12H2. The van der Waals surface area contributed by atoms with E-state index in [1.807, 2.05) is 6.07 Å². The summed E-state index contributed by atoms with van der Waals surface area (Å²) < 4.78 is 5.04. The Morgan fingerprint density at radius 3 is 2.57 bits per heavy atom. The maximum Gasteiger partial charge on any atom is 0.338 e. The smallest absolute Gasteiger partial charge is 0.338 e. The van der Waals surface area contributed by atoms with Crippen molar-refractivity contribution in [1.82, 2.24) is 0 Å². The first-order valence-electron chi connectivity index (χ1n) is 4.30. The third kappa shape index (κ3) is 3.01. The van der Waals surface area contributed by atoms with E-state index in [1.54, 1.807) is 24.3 Å². The van der Waals surface area contributed by atoms with Gasteiger partial charge in [0.2, 0.25) is 0 Å². The molecule has 0 heterocycles. The Balaban J connectivity index is 2.59. The van der Waals surface area contributed by atoms with Crippen molar-refractivity contribution in [2.24, 2.45) is 5.73 Å². The molecule has 2 N–H and O–H groups in total. The lowest BCUT2D eigenvalue weighted by Gasteiger charge is -2.12. The van der Waals surface area contributed by atoms with Gasteiger partial charge in [0.15, 0.2) is 0 Å². The van der Waals surface area contributed by atoms with Gasteiger partial charge in [0.05, 0.1) is 11.4 Å². The summed E-state index contributed by atoms with van der Waals surface area (Å²) in [6, 6.07) is 8.75. The minimum Gasteiger partial charge on any atom is -0.456 e. The van der Waals surface area contributed by atoms with Gasteiger partial charge < -0.3 is 10.5 Å². The maximum atomic E-state index is 11.4. The van der Waals surface area contributed by atoms with Crippen molar-refractivity contribution in [2.45, 2.75) is 6.10 Å². The maximum absolute atomic E-state index is 11.4. The van der Waals surface area contributed by atoms with Crippen LogP contribution in [0, 0.1) is 0 Å². The molecule has 0 radical (unpaired) electrons. The third-order valence-corrected chi connectivity index (χ3v) is 2.06. The molecule has 3 nitrogen and oxygen atoms in total. The number of halogens is 1. The van der Waals surface area contributed by atoms with Crippen molar-refractivity contribution in [1.29, 1.82) is 0 Å². The summed E-state index contributed by atoms with van der Waals surface area (Å²) in [4.78, 5) is 11.4. The Bertz CT molecular complexity index is 285. The summed E-state index contributed by atoms with van der Waals surface area (Å²) in [7, 11) is 0. The third-order valence-electron chi connectivity index (χ3n) is 1.72. The fourth-order valence-electron chi connectivity index (χ4n) is 0.936. The first-order valence-corrected chi connectivity index (χ1v) is 4.83. The molecule has 0 bridgehead atoms. The number of alkyl halides is 1. The van der Waals surface area contributed by atoms with Crippen molar-refractivity contribution < 1.29 is 9.53 Å². The molecule has 14 heavy (non-hydrogen) atoms. The molecule has 0 saturated carbocycles. The zero-order valence-electron chi connectivity index (χ0n) is 7.65. The van der Waals surface area contributed by atoms with E-state index < -0.39 is 6.10 Å². The molecule has 0 aliphatic rings. The lowest BCUT2D eigenvalue weighted by Crippen LogP contribution is -2.28. The number of hydrogen-bond acceptors (Lipinski definition) is 3. The van der Waals surface area contributed by atoms with Gasteiger partial charge in [-0.25, -0.2) is 4.79 Å². The van der Waals surface area contributed by atoms with Crippen LogP contribution in [0.25, 0.3) is 0 Å². The van der Waals surface area contributed by atoms with Gasteiger partial charge in [-0.05, 0) is 12.1 Å². The number of esters is 1. The highest BCUT2D eigenvalue weighted by atomic mass is 35.5. The predicted octanol–water partition coefficient (Wildman–Crippen LogP) is 1.41. The van der Waals surface area contributed by atoms with E-state index in [-0.39, 0.29) is 18.4 Å². The Morgan fingerprint density at radius 1 is 1.43 bits per heavy atom.